The smallest absolute Gasteiger partial charge is 0.234 e. The van der Waals surface area contributed by atoms with Gasteiger partial charge < -0.3 is 10.6 Å². The molecule has 96 valence electrons. The Bertz CT molecular complexity index is 489. The number of hydrogen-bond donors (Lipinski definition) is 2. The van der Waals surface area contributed by atoms with Crippen LogP contribution in [0, 0.1) is 0 Å². The van der Waals surface area contributed by atoms with E-state index in [-0.39, 0.29) is 5.91 Å². The lowest BCUT2D eigenvalue weighted by Gasteiger charge is -2.15. The zero-order chi connectivity index (χ0) is 12.8. The zero-order valence-electron chi connectivity index (χ0n) is 11.0. The predicted octanol–water partition coefficient (Wildman–Crippen LogP) is 2.21. The summed E-state index contributed by atoms with van der Waals surface area (Å²) < 4.78 is 0. The van der Waals surface area contributed by atoms with Crippen LogP contribution in [0.5, 0.6) is 0 Å². The molecule has 2 N–H and O–H groups in total. The molecule has 1 heterocycles. The van der Waals surface area contributed by atoms with Crippen LogP contribution in [0.2, 0.25) is 0 Å². The summed E-state index contributed by atoms with van der Waals surface area (Å²) in [6, 6.07) is 7.10. The molecule has 3 heteroatoms. The largest absolute Gasteiger partial charge is 0.325 e. The Labute approximate surface area is 108 Å². The summed E-state index contributed by atoms with van der Waals surface area (Å²) in [5, 5.41) is 6.46. The first-order chi connectivity index (χ1) is 8.57. The molecular weight excluding hydrogens is 224 g/mol. The van der Waals surface area contributed by atoms with Gasteiger partial charge in [-0.2, -0.15) is 0 Å². The molecule has 0 bridgehead atoms. The average Bonchev–Trinajstić information content (AvgIpc) is 3.11. The monoisotopic (exact) mass is 244 g/mol. The van der Waals surface area contributed by atoms with E-state index in [1.165, 1.54) is 18.4 Å². The maximum atomic E-state index is 11.9. The van der Waals surface area contributed by atoms with Gasteiger partial charge in [0.1, 0.15) is 0 Å². The van der Waals surface area contributed by atoms with Gasteiger partial charge in [0.05, 0.1) is 5.41 Å². The summed E-state index contributed by atoms with van der Waals surface area (Å²) in [6.45, 7) is 5.01. The predicted molar refractivity (Wildman–Crippen MR) is 72.8 cm³/mol. The van der Waals surface area contributed by atoms with E-state index in [1.807, 2.05) is 19.9 Å². The maximum absolute atomic E-state index is 11.9. The van der Waals surface area contributed by atoms with Gasteiger partial charge in [0, 0.05) is 11.7 Å². The van der Waals surface area contributed by atoms with Crippen molar-refractivity contribution >= 4 is 11.6 Å². The number of nitrogens with one attached hydrogen (secondary N) is 2. The average molecular weight is 244 g/mol. The van der Waals surface area contributed by atoms with Crippen LogP contribution in [0.15, 0.2) is 18.2 Å². The molecular formula is C15H20N2O. The number of carbonyl (C=O) groups excluding carboxylic acids is 1. The van der Waals surface area contributed by atoms with Crippen LogP contribution < -0.4 is 10.6 Å². The van der Waals surface area contributed by atoms with E-state index in [4.69, 9.17) is 0 Å². The summed E-state index contributed by atoms with van der Waals surface area (Å²) in [6.07, 6.45) is 3.69. The second-order valence-electron chi connectivity index (χ2n) is 5.94. The van der Waals surface area contributed by atoms with E-state index in [0.717, 1.165) is 30.3 Å². The molecule has 1 saturated carbocycles. The third-order valence-electron chi connectivity index (χ3n) is 4.00. The maximum Gasteiger partial charge on any atom is 0.234 e. The van der Waals surface area contributed by atoms with Gasteiger partial charge in [-0.05, 0) is 56.8 Å². The lowest BCUT2D eigenvalue weighted by molar-refractivity contribution is -0.119. The normalized spacial score (nSPS) is 20.7. The number of carbonyl (C=O) groups is 1. The molecule has 1 aliphatic carbocycles. The van der Waals surface area contributed by atoms with Crippen LogP contribution in [-0.2, 0) is 16.6 Å². The highest BCUT2D eigenvalue weighted by molar-refractivity contribution is 6.05. The van der Waals surface area contributed by atoms with Crippen molar-refractivity contribution < 1.29 is 4.79 Å². The first kappa shape index (κ1) is 11.7. The molecule has 1 aromatic carbocycles. The second-order valence-corrected chi connectivity index (χ2v) is 5.94. The van der Waals surface area contributed by atoms with E-state index in [9.17, 15) is 4.79 Å². The molecule has 1 amide bonds. The van der Waals surface area contributed by atoms with E-state index in [1.54, 1.807) is 0 Å². The van der Waals surface area contributed by atoms with Gasteiger partial charge in [0.25, 0.3) is 0 Å². The first-order valence-corrected chi connectivity index (χ1v) is 6.75. The van der Waals surface area contributed by atoms with Gasteiger partial charge in [0.2, 0.25) is 5.91 Å². The van der Waals surface area contributed by atoms with Crippen molar-refractivity contribution in [2.45, 2.75) is 44.6 Å². The molecule has 0 unspecified atom stereocenters. The summed E-state index contributed by atoms with van der Waals surface area (Å²) in [5.41, 5.74) is 3.03. The fourth-order valence-corrected chi connectivity index (χ4v) is 2.48. The highest BCUT2D eigenvalue weighted by Crippen LogP contribution is 2.37. The van der Waals surface area contributed by atoms with Gasteiger partial charge in [-0.3, -0.25) is 4.79 Å². The third-order valence-corrected chi connectivity index (χ3v) is 4.00. The van der Waals surface area contributed by atoms with Crippen LogP contribution in [-0.4, -0.2) is 18.5 Å². The Morgan fingerprint density at radius 3 is 2.89 bits per heavy atom. The van der Waals surface area contributed by atoms with E-state index in [0.29, 0.717) is 0 Å². The first-order valence-electron chi connectivity index (χ1n) is 6.75. The molecule has 3 rings (SSSR count). The van der Waals surface area contributed by atoms with Crippen molar-refractivity contribution in [2.75, 3.05) is 11.9 Å². The number of anilines is 1. The van der Waals surface area contributed by atoms with Crippen LogP contribution in [0.4, 0.5) is 5.69 Å². The summed E-state index contributed by atoms with van der Waals surface area (Å²) in [7, 11) is 0. The van der Waals surface area contributed by atoms with Crippen molar-refractivity contribution in [1.29, 1.82) is 0 Å². The van der Waals surface area contributed by atoms with Gasteiger partial charge >= 0.3 is 0 Å². The van der Waals surface area contributed by atoms with Gasteiger partial charge in [-0.1, -0.05) is 12.1 Å². The van der Waals surface area contributed by atoms with E-state index >= 15 is 0 Å². The quantitative estimate of drug-likeness (QED) is 0.852. The standard InChI is InChI=1S/C15H20N2O/c1-15(2)12-9-10(7-8-16-11-4-5-11)3-6-13(12)17-14(15)18/h3,6,9,11,16H,4-5,7-8H2,1-2H3,(H,17,18). The molecule has 18 heavy (non-hydrogen) atoms. The van der Waals surface area contributed by atoms with E-state index in [2.05, 4.69) is 22.8 Å². The van der Waals surface area contributed by atoms with E-state index < -0.39 is 5.41 Å². The van der Waals surface area contributed by atoms with Crippen molar-refractivity contribution in [2.24, 2.45) is 0 Å². The lowest BCUT2D eigenvalue weighted by Crippen LogP contribution is -2.27. The topological polar surface area (TPSA) is 41.1 Å². The second kappa shape index (κ2) is 4.09. The fraction of sp³-hybridized carbons (Fsp3) is 0.533. The molecule has 1 aromatic rings. The highest BCUT2D eigenvalue weighted by atomic mass is 16.2. The molecule has 3 nitrogen and oxygen atoms in total. The number of benzene rings is 1. The SMILES string of the molecule is CC1(C)C(=O)Nc2ccc(CCNC3CC3)cc21. The molecule has 2 aliphatic rings. The summed E-state index contributed by atoms with van der Waals surface area (Å²) >= 11 is 0. The number of fused-ring (bicyclic) bond motifs is 1. The minimum absolute atomic E-state index is 0.103. The minimum Gasteiger partial charge on any atom is -0.325 e. The molecule has 1 fully saturated rings. The Morgan fingerprint density at radius 1 is 1.39 bits per heavy atom. The van der Waals surface area contributed by atoms with Gasteiger partial charge in [0.15, 0.2) is 0 Å². The number of hydrogen-bond acceptors (Lipinski definition) is 2. The number of rotatable bonds is 4. The molecule has 0 aromatic heterocycles. The number of amides is 1. The van der Waals surface area contributed by atoms with Gasteiger partial charge in [-0.15, -0.1) is 0 Å². The fourth-order valence-electron chi connectivity index (χ4n) is 2.48. The summed E-state index contributed by atoms with van der Waals surface area (Å²) in [4.78, 5) is 11.9. The van der Waals surface area contributed by atoms with Crippen molar-refractivity contribution in [3.63, 3.8) is 0 Å². The molecule has 1 aliphatic heterocycles. The molecule has 0 radical (unpaired) electrons. The molecule has 0 saturated heterocycles. The summed E-state index contributed by atoms with van der Waals surface area (Å²) in [5.74, 6) is 0.103. The van der Waals surface area contributed by atoms with Crippen molar-refractivity contribution in [3.8, 4) is 0 Å². The lowest BCUT2D eigenvalue weighted by atomic mass is 9.85. The Balaban J connectivity index is 1.74. The Morgan fingerprint density at radius 2 is 2.17 bits per heavy atom. The van der Waals surface area contributed by atoms with Crippen molar-refractivity contribution in [3.05, 3.63) is 29.3 Å². The third kappa shape index (κ3) is 2.03. The van der Waals surface area contributed by atoms with Crippen LogP contribution in [0.1, 0.15) is 37.8 Å². The minimum atomic E-state index is -0.394. The zero-order valence-corrected chi connectivity index (χ0v) is 11.0. The highest BCUT2D eigenvalue weighted by Gasteiger charge is 2.38. The molecule has 0 atom stereocenters. The Kier molecular flexibility index (Phi) is 2.67. The van der Waals surface area contributed by atoms with Crippen LogP contribution in [0.3, 0.4) is 0 Å². The van der Waals surface area contributed by atoms with Gasteiger partial charge in [-0.25, -0.2) is 0 Å². The Hall–Kier alpha value is -1.35. The van der Waals surface area contributed by atoms with Crippen LogP contribution in [0.25, 0.3) is 0 Å². The molecule has 0 spiro atoms. The van der Waals surface area contributed by atoms with Crippen LogP contribution >= 0.6 is 0 Å². The van der Waals surface area contributed by atoms with Crippen molar-refractivity contribution in [1.82, 2.24) is 5.32 Å².